The lowest BCUT2D eigenvalue weighted by atomic mass is 10.0. The van der Waals surface area contributed by atoms with Crippen molar-refractivity contribution in [2.75, 3.05) is 21.2 Å². The molecule has 0 spiro atoms. The van der Waals surface area contributed by atoms with Crippen LogP contribution in [0.1, 0.15) is 27.0 Å². The van der Waals surface area contributed by atoms with E-state index in [9.17, 15) is 13.2 Å². The van der Waals surface area contributed by atoms with Crippen LogP contribution in [0.2, 0.25) is 0 Å². The van der Waals surface area contributed by atoms with E-state index in [1.165, 1.54) is 13.1 Å². The topological polar surface area (TPSA) is 75.7 Å². The molecular formula is C23H26N2O4S. The minimum atomic E-state index is -3.65. The van der Waals surface area contributed by atoms with Crippen LogP contribution >= 0.6 is 0 Å². The first-order chi connectivity index (χ1) is 14.2. The molecule has 0 heterocycles. The molecule has 0 aliphatic rings. The maximum Gasteiger partial charge on any atom is 0.253 e. The third-order valence-electron chi connectivity index (χ3n) is 5.30. The predicted octanol–water partition coefficient (Wildman–Crippen LogP) is 3.65. The van der Waals surface area contributed by atoms with Crippen LogP contribution in [0.3, 0.4) is 0 Å². The van der Waals surface area contributed by atoms with Crippen LogP contribution in [-0.2, 0) is 16.6 Å². The van der Waals surface area contributed by atoms with E-state index in [4.69, 9.17) is 4.74 Å². The Kier molecular flexibility index (Phi) is 6.14. The number of carbonyl (C=O) groups excluding carboxylic acids is 1. The van der Waals surface area contributed by atoms with Gasteiger partial charge in [0.15, 0.2) is 0 Å². The van der Waals surface area contributed by atoms with Crippen molar-refractivity contribution in [3.63, 3.8) is 0 Å². The van der Waals surface area contributed by atoms with Crippen LogP contribution < -0.4 is 9.46 Å². The molecule has 0 aliphatic heterocycles. The van der Waals surface area contributed by atoms with E-state index in [1.807, 2.05) is 36.4 Å². The number of ether oxygens (including phenoxy) is 1. The molecule has 0 saturated carbocycles. The number of methoxy groups -OCH3 is 1. The van der Waals surface area contributed by atoms with Gasteiger partial charge in [-0.15, -0.1) is 0 Å². The van der Waals surface area contributed by atoms with Crippen LogP contribution in [0, 0.1) is 13.8 Å². The predicted molar refractivity (Wildman–Crippen MR) is 118 cm³/mol. The summed E-state index contributed by atoms with van der Waals surface area (Å²) >= 11 is 0. The van der Waals surface area contributed by atoms with Crippen molar-refractivity contribution in [1.29, 1.82) is 0 Å². The molecule has 0 bridgehead atoms. The summed E-state index contributed by atoms with van der Waals surface area (Å²) in [7, 11) is 1.05. The van der Waals surface area contributed by atoms with Gasteiger partial charge in [-0.3, -0.25) is 4.79 Å². The summed E-state index contributed by atoms with van der Waals surface area (Å²) in [4.78, 5) is 14.7. The number of benzene rings is 3. The Morgan fingerprint density at radius 1 is 1.03 bits per heavy atom. The number of amides is 1. The Morgan fingerprint density at radius 3 is 2.37 bits per heavy atom. The molecule has 1 N–H and O–H groups in total. The molecule has 0 aromatic heterocycles. The van der Waals surface area contributed by atoms with E-state index in [1.54, 1.807) is 39.0 Å². The van der Waals surface area contributed by atoms with E-state index in [2.05, 4.69) is 4.72 Å². The highest BCUT2D eigenvalue weighted by Crippen LogP contribution is 2.24. The Balaban J connectivity index is 1.88. The van der Waals surface area contributed by atoms with Gasteiger partial charge in [0.2, 0.25) is 10.0 Å². The third-order valence-corrected chi connectivity index (χ3v) is 6.84. The average molecular weight is 427 g/mol. The number of carbonyl (C=O) groups is 1. The number of fused-ring (bicyclic) bond motifs is 1. The van der Waals surface area contributed by atoms with Gasteiger partial charge in [0.25, 0.3) is 5.91 Å². The first kappa shape index (κ1) is 21.8. The second-order valence-electron chi connectivity index (χ2n) is 7.33. The summed E-state index contributed by atoms with van der Waals surface area (Å²) in [6.45, 7) is 3.95. The quantitative estimate of drug-likeness (QED) is 0.653. The van der Waals surface area contributed by atoms with Gasteiger partial charge in [-0.05, 0) is 78.7 Å². The van der Waals surface area contributed by atoms with Crippen molar-refractivity contribution in [2.45, 2.75) is 25.3 Å². The molecule has 0 radical (unpaired) electrons. The fourth-order valence-electron chi connectivity index (χ4n) is 3.40. The zero-order chi connectivity index (χ0) is 22.1. The molecule has 6 nitrogen and oxygen atoms in total. The van der Waals surface area contributed by atoms with E-state index in [0.717, 1.165) is 27.6 Å². The van der Waals surface area contributed by atoms with Gasteiger partial charge in [-0.1, -0.05) is 18.2 Å². The lowest BCUT2D eigenvalue weighted by Crippen LogP contribution is -2.27. The van der Waals surface area contributed by atoms with Crippen molar-refractivity contribution >= 4 is 26.7 Å². The molecule has 3 aromatic carbocycles. The van der Waals surface area contributed by atoms with Crippen molar-refractivity contribution in [3.8, 4) is 5.75 Å². The van der Waals surface area contributed by atoms with Crippen LogP contribution in [0.25, 0.3) is 10.8 Å². The highest BCUT2D eigenvalue weighted by atomic mass is 32.2. The molecule has 1 amide bonds. The highest BCUT2D eigenvalue weighted by Gasteiger charge is 2.21. The Morgan fingerprint density at radius 2 is 1.70 bits per heavy atom. The lowest BCUT2D eigenvalue weighted by molar-refractivity contribution is 0.0785. The van der Waals surface area contributed by atoms with Gasteiger partial charge in [-0.25, -0.2) is 13.1 Å². The summed E-state index contributed by atoms with van der Waals surface area (Å²) < 4.78 is 32.3. The molecule has 158 valence electrons. The Bertz CT molecular complexity index is 1220. The molecule has 3 aromatic rings. The second-order valence-corrected chi connectivity index (χ2v) is 9.19. The van der Waals surface area contributed by atoms with Gasteiger partial charge < -0.3 is 9.64 Å². The molecule has 0 atom stereocenters. The molecule has 30 heavy (non-hydrogen) atoms. The normalized spacial score (nSPS) is 11.5. The largest absolute Gasteiger partial charge is 0.497 e. The van der Waals surface area contributed by atoms with E-state index >= 15 is 0 Å². The number of rotatable bonds is 6. The molecule has 7 heteroatoms. The fraction of sp³-hybridized carbons (Fsp3) is 0.261. The summed E-state index contributed by atoms with van der Waals surface area (Å²) in [5.41, 5.74) is 2.71. The Labute approximate surface area is 177 Å². The monoisotopic (exact) mass is 426 g/mol. The minimum absolute atomic E-state index is 0.126. The number of sulfonamides is 1. The highest BCUT2D eigenvalue weighted by molar-refractivity contribution is 7.89. The second kappa shape index (κ2) is 8.45. The lowest BCUT2D eigenvalue weighted by Gasteiger charge is -2.19. The van der Waals surface area contributed by atoms with E-state index < -0.39 is 10.0 Å². The molecular weight excluding hydrogens is 400 g/mol. The van der Waals surface area contributed by atoms with Crippen molar-refractivity contribution < 1.29 is 17.9 Å². The van der Waals surface area contributed by atoms with Gasteiger partial charge >= 0.3 is 0 Å². The first-order valence-electron chi connectivity index (χ1n) is 9.53. The third kappa shape index (κ3) is 4.32. The summed E-state index contributed by atoms with van der Waals surface area (Å²) in [6, 6.07) is 15.0. The van der Waals surface area contributed by atoms with Gasteiger partial charge in [0, 0.05) is 19.2 Å². The van der Waals surface area contributed by atoms with Crippen LogP contribution in [0.15, 0.2) is 53.4 Å². The summed E-state index contributed by atoms with van der Waals surface area (Å²) in [6.07, 6.45) is 0. The number of nitrogens with one attached hydrogen (secondary N) is 1. The first-order valence-corrected chi connectivity index (χ1v) is 11.0. The van der Waals surface area contributed by atoms with Crippen LogP contribution in [0.4, 0.5) is 0 Å². The fourth-order valence-corrected chi connectivity index (χ4v) is 4.47. The van der Waals surface area contributed by atoms with E-state index in [0.29, 0.717) is 17.7 Å². The molecule has 0 saturated heterocycles. The zero-order valence-electron chi connectivity index (χ0n) is 17.8. The number of hydrogen-bond acceptors (Lipinski definition) is 4. The standard InChI is InChI=1S/C23H26N2O4S/c1-15-10-20(13-22(16(15)2)30(27,28)24-3)23(26)25(4)14-17-6-7-19-12-21(29-5)9-8-18(19)11-17/h6-13,24H,14H2,1-5H3. The maximum atomic E-state index is 13.0. The Hall–Kier alpha value is -2.90. The smallest absolute Gasteiger partial charge is 0.253 e. The van der Waals surface area contributed by atoms with Crippen molar-refractivity contribution in [2.24, 2.45) is 0 Å². The number of aryl methyl sites for hydroxylation is 1. The summed E-state index contributed by atoms with van der Waals surface area (Å²) in [5.74, 6) is 0.560. The minimum Gasteiger partial charge on any atom is -0.497 e. The number of hydrogen-bond donors (Lipinski definition) is 1. The summed E-state index contributed by atoms with van der Waals surface area (Å²) in [5, 5.41) is 2.12. The van der Waals surface area contributed by atoms with Crippen LogP contribution in [-0.4, -0.2) is 40.4 Å². The molecule has 0 aliphatic carbocycles. The zero-order valence-corrected chi connectivity index (χ0v) is 18.6. The number of nitrogens with zero attached hydrogens (tertiary/aromatic N) is 1. The maximum absolute atomic E-state index is 13.0. The van der Waals surface area contributed by atoms with Gasteiger partial charge in [0.05, 0.1) is 12.0 Å². The van der Waals surface area contributed by atoms with Gasteiger partial charge in [-0.2, -0.15) is 0 Å². The molecule has 0 fully saturated rings. The van der Waals surface area contributed by atoms with E-state index in [-0.39, 0.29) is 10.8 Å². The van der Waals surface area contributed by atoms with Crippen LogP contribution in [0.5, 0.6) is 5.75 Å². The molecule has 0 unspecified atom stereocenters. The van der Waals surface area contributed by atoms with Crippen molar-refractivity contribution in [3.05, 3.63) is 70.8 Å². The average Bonchev–Trinajstić information content (AvgIpc) is 2.74. The SMILES string of the molecule is CNS(=O)(=O)c1cc(C(=O)N(C)Cc2ccc3cc(OC)ccc3c2)cc(C)c1C. The van der Waals surface area contributed by atoms with Gasteiger partial charge in [0.1, 0.15) is 5.75 Å². The molecule has 3 rings (SSSR count). The van der Waals surface area contributed by atoms with Crippen molar-refractivity contribution in [1.82, 2.24) is 9.62 Å².